The second-order valence-corrected chi connectivity index (χ2v) is 7.52. The molecular formula is C24H18F3N4O2+. The Labute approximate surface area is 187 Å². The van der Waals surface area contributed by atoms with Gasteiger partial charge in [-0.2, -0.15) is 10.8 Å². The predicted octanol–water partition coefficient (Wildman–Crippen LogP) is 4.88. The van der Waals surface area contributed by atoms with Crippen molar-refractivity contribution in [2.24, 2.45) is 15.8 Å². The third-order valence-corrected chi connectivity index (χ3v) is 5.25. The normalized spacial score (nSPS) is 20.8. The van der Waals surface area contributed by atoms with Crippen molar-refractivity contribution < 1.29 is 27.2 Å². The quantitative estimate of drug-likeness (QED) is 0.503. The van der Waals surface area contributed by atoms with Crippen LogP contribution in [0.3, 0.4) is 0 Å². The van der Waals surface area contributed by atoms with E-state index >= 15 is 0 Å². The number of fused-ring (bicyclic) bond motifs is 1. The zero-order valence-corrected chi connectivity index (χ0v) is 17.2. The molecule has 0 fully saturated rings. The second kappa shape index (κ2) is 7.88. The molecule has 1 atom stereocenters. The molecule has 0 spiro atoms. The Balaban J connectivity index is 1.37. The maximum Gasteiger partial charge on any atom is 0.573 e. The van der Waals surface area contributed by atoms with E-state index in [4.69, 9.17) is 15.6 Å². The van der Waals surface area contributed by atoms with E-state index in [9.17, 15) is 13.2 Å². The molecule has 9 heteroatoms. The first kappa shape index (κ1) is 20.9. The van der Waals surface area contributed by atoms with Crippen LogP contribution in [0.5, 0.6) is 11.5 Å². The summed E-state index contributed by atoms with van der Waals surface area (Å²) in [4.78, 5) is 9.01. The fraction of sp³-hybridized carbons (Fsp3) is 0.0833. The van der Waals surface area contributed by atoms with Crippen LogP contribution >= 0.6 is 0 Å². The van der Waals surface area contributed by atoms with Crippen molar-refractivity contribution in [1.29, 1.82) is 0 Å². The number of allylic oxidation sites excluding steroid dienone is 4. The van der Waals surface area contributed by atoms with Gasteiger partial charge < -0.3 is 9.47 Å². The highest BCUT2D eigenvalue weighted by Crippen LogP contribution is 2.36. The van der Waals surface area contributed by atoms with Gasteiger partial charge in [0, 0.05) is 5.57 Å². The molecule has 5 rings (SSSR count). The Kier molecular flexibility index (Phi) is 4.99. The van der Waals surface area contributed by atoms with Crippen LogP contribution in [-0.2, 0) is 6.61 Å². The van der Waals surface area contributed by atoms with Gasteiger partial charge in [-0.05, 0) is 35.9 Å². The number of amidine groups is 1. The van der Waals surface area contributed by atoms with Gasteiger partial charge in [0.05, 0.1) is 18.0 Å². The summed E-state index contributed by atoms with van der Waals surface area (Å²) in [6, 6.07) is 12.9. The minimum absolute atomic E-state index is 0.0621. The van der Waals surface area contributed by atoms with Crippen LogP contribution in [0.25, 0.3) is 0 Å². The monoisotopic (exact) mass is 451 g/mol. The third kappa shape index (κ3) is 4.11. The highest BCUT2D eigenvalue weighted by Gasteiger charge is 2.44. The molecule has 166 valence electrons. The van der Waals surface area contributed by atoms with E-state index in [2.05, 4.69) is 9.73 Å². The summed E-state index contributed by atoms with van der Waals surface area (Å²) in [6.45, 7) is 0.0621. The molecule has 1 unspecified atom stereocenters. The number of aliphatic imine (C=N–C) groups is 2. The number of hydrogen-bond donors (Lipinski definition) is 1. The largest absolute Gasteiger partial charge is 0.573 e. The van der Waals surface area contributed by atoms with Gasteiger partial charge >= 0.3 is 6.36 Å². The zero-order valence-electron chi connectivity index (χ0n) is 17.2. The molecule has 6 nitrogen and oxygen atoms in total. The summed E-state index contributed by atoms with van der Waals surface area (Å²) in [5.41, 5.74) is 3.78. The van der Waals surface area contributed by atoms with Crippen molar-refractivity contribution in [2.75, 3.05) is 0 Å². The average Bonchev–Trinajstić information content (AvgIpc) is 3.03. The highest BCUT2D eigenvalue weighted by atomic mass is 19.4. The number of rotatable bonds is 6. The molecule has 0 bridgehead atoms. The molecule has 0 saturated heterocycles. The van der Waals surface area contributed by atoms with Crippen molar-refractivity contribution in [2.45, 2.75) is 13.0 Å². The number of halogens is 3. The Hall–Kier alpha value is -3.95. The fourth-order valence-corrected chi connectivity index (χ4v) is 3.67. The van der Waals surface area contributed by atoms with E-state index in [0.29, 0.717) is 17.1 Å². The fourth-order valence-electron chi connectivity index (χ4n) is 3.67. The van der Waals surface area contributed by atoms with Gasteiger partial charge in [-0.3, -0.25) is 4.99 Å². The summed E-state index contributed by atoms with van der Waals surface area (Å²) >= 11 is 0. The first-order valence-electron chi connectivity index (χ1n) is 10.0. The van der Waals surface area contributed by atoms with Crippen LogP contribution in [0.4, 0.5) is 13.2 Å². The second-order valence-electron chi connectivity index (χ2n) is 7.52. The Bertz CT molecular complexity index is 1300. The molecule has 0 radical (unpaired) electrons. The first-order chi connectivity index (χ1) is 15.8. The number of hydrogen-bond acceptors (Lipinski definition) is 5. The van der Waals surface area contributed by atoms with E-state index in [0.717, 1.165) is 22.5 Å². The highest BCUT2D eigenvalue weighted by molar-refractivity contribution is 6.01. The topological polar surface area (TPSA) is 69.2 Å². The van der Waals surface area contributed by atoms with E-state index in [1.807, 2.05) is 30.4 Å². The number of nitrogens with zero attached hydrogens (tertiary/aromatic N) is 3. The van der Waals surface area contributed by atoms with Crippen LogP contribution in [-0.4, -0.2) is 23.0 Å². The standard InChI is InChI=1S/C24H18F3N4O2/c25-24(26,27)33-20-9-1-4-16(12-20)15-32-19-8-3-7-18(13-19)23-30-22(17-5-2-6-17)21-14-29-10-11-31(21,23)28/h1-14H,15,28H2/q+1. The molecule has 2 heterocycles. The molecular weight excluding hydrogens is 433 g/mol. The molecule has 2 aromatic carbocycles. The minimum Gasteiger partial charge on any atom is -0.489 e. The van der Waals surface area contributed by atoms with Crippen molar-refractivity contribution >= 4 is 12.1 Å². The molecule has 0 aromatic heterocycles. The minimum atomic E-state index is -4.75. The Morgan fingerprint density at radius 1 is 1.03 bits per heavy atom. The molecule has 2 aliphatic heterocycles. The summed E-state index contributed by atoms with van der Waals surface area (Å²) in [5, 5.41) is 0. The van der Waals surface area contributed by atoms with Gasteiger partial charge in [-0.1, -0.05) is 36.4 Å². The number of benzene rings is 2. The SMILES string of the molecule is N[N+]12C=CN=CC1=C(C1=CC=C1)N=C2c1cccc(OCc2cccc(OC(F)(F)F)c2)c1. The Morgan fingerprint density at radius 2 is 1.82 bits per heavy atom. The van der Waals surface area contributed by atoms with Gasteiger partial charge in [-0.15, -0.1) is 17.8 Å². The van der Waals surface area contributed by atoms with Gasteiger partial charge in [0.1, 0.15) is 30.0 Å². The first-order valence-corrected chi connectivity index (χ1v) is 10.0. The van der Waals surface area contributed by atoms with Crippen LogP contribution in [0, 0.1) is 0 Å². The van der Waals surface area contributed by atoms with Crippen LogP contribution < -0.4 is 15.3 Å². The van der Waals surface area contributed by atoms with E-state index in [-0.39, 0.29) is 16.9 Å². The van der Waals surface area contributed by atoms with Crippen LogP contribution in [0.1, 0.15) is 11.1 Å². The number of quaternary nitrogens is 1. The van der Waals surface area contributed by atoms with Gasteiger partial charge in [0.15, 0.2) is 0 Å². The van der Waals surface area contributed by atoms with Crippen LogP contribution in [0.2, 0.25) is 0 Å². The van der Waals surface area contributed by atoms with Crippen molar-refractivity contribution in [3.63, 3.8) is 0 Å². The Morgan fingerprint density at radius 3 is 2.58 bits per heavy atom. The maximum absolute atomic E-state index is 12.5. The summed E-state index contributed by atoms with van der Waals surface area (Å²) < 4.78 is 47.1. The molecule has 2 N–H and O–H groups in total. The molecule has 0 amide bonds. The average molecular weight is 451 g/mol. The van der Waals surface area contributed by atoms with Crippen molar-refractivity contribution in [3.8, 4) is 11.5 Å². The van der Waals surface area contributed by atoms with E-state index < -0.39 is 6.36 Å². The summed E-state index contributed by atoms with van der Waals surface area (Å²) in [5.74, 6) is 7.54. The molecule has 2 aromatic rings. The van der Waals surface area contributed by atoms with Crippen LogP contribution in [0.15, 0.2) is 106 Å². The van der Waals surface area contributed by atoms with Crippen molar-refractivity contribution in [3.05, 3.63) is 107 Å². The molecule has 33 heavy (non-hydrogen) atoms. The number of nitrogens with two attached hydrogens (primary N) is 1. The number of alkyl halides is 3. The summed E-state index contributed by atoms with van der Waals surface area (Å²) in [7, 11) is 0. The molecule has 0 saturated carbocycles. The lowest BCUT2D eigenvalue weighted by molar-refractivity contribution is -0.750. The number of ether oxygens (including phenoxy) is 2. The molecule has 1 aliphatic carbocycles. The maximum atomic E-state index is 12.5. The van der Waals surface area contributed by atoms with E-state index in [1.54, 1.807) is 36.8 Å². The lowest BCUT2D eigenvalue weighted by Crippen LogP contribution is -2.53. The van der Waals surface area contributed by atoms with Gasteiger partial charge in [0.2, 0.25) is 5.70 Å². The lowest BCUT2D eigenvalue weighted by Gasteiger charge is -2.26. The van der Waals surface area contributed by atoms with Crippen molar-refractivity contribution in [1.82, 2.24) is 0 Å². The van der Waals surface area contributed by atoms with Gasteiger partial charge in [0.25, 0.3) is 5.84 Å². The predicted molar refractivity (Wildman–Crippen MR) is 117 cm³/mol. The zero-order chi connectivity index (χ0) is 23.1. The molecule has 3 aliphatic rings. The third-order valence-electron chi connectivity index (χ3n) is 5.25. The van der Waals surface area contributed by atoms with Gasteiger partial charge in [-0.25, -0.2) is 0 Å². The van der Waals surface area contributed by atoms with E-state index in [1.165, 1.54) is 18.2 Å². The summed E-state index contributed by atoms with van der Waals surface area (Å²) in [6.07, 6.45) is 6.19. The smallest absolute Gasteiger partial charge is 0.489 e. The lowest BCUT2D eigenvalue weighted by atomic mass is 10.0.